The number of hydrogen-bond acceptors (Lipinski definition) is 18. The molecule has 0 bridgehead atoms. The number of nitrogens with zero attached hydrogens (tertiary/aromatic N) is 9. The lowest BCUT2D eigenvalue weighted by atomic mass is 9.82. The third-order valence-corrected chi connectivity index (χ3v) is 27.8. The van der Waals surface area contributed by atoms with Gasteiger partial charge in [0.15, 0.2) is 29.5 Å². The first kappa shape index (κ1) is 83.6. The molecule has 12 rings (SSSR count). The Labute approximate surface area is 641 Å². The number of carbonyl (C=O) groups is 3. The molecule has 0 spiro atoms. The molecule has 3 N–H and O–H groups in total. The van der Waals surface area contributed by atoms with E-state index in [1.807, 2.05) is 18.2 Å². The quantitative estimate of drug-likeness (QED) is 0.0508. The molecule has 9 heterocycles. The molecular formula is C81H115BrN12O9S3. The van der Waals surface area contributed by atoms with Crippen molar-refractivity contribution in [2.75, 3.05) is 36.9 Å². The highest BCUT2D eigenvalue weighted by Gasteiger charge is 2.40. The summed E-state index contributed by atoms with van der Waals surface area (Å²) in [7, 11) is -9.85. The maximum atomic E-state index is 12.8. The van der Waals surface area contributed by atoms with Gasteiger partial charge in [0.05, 0.1) is 121 Å². The Morgan fingerprint density at radius 2 is 0.632 bits per heavy atom. The molecule has 0 radical (unpaired) electrons. The van der Waals surface area contributed by atoms with Crippen LogP contribution >= 0.6 is 17.0 Å². The normalized spacial score (nSPS) is 22.6. The van der Waals surface area contributed by atoms with E-state index in [1.165, 1.54) is 114 Å². The van der Waals surface area contributed by atoms with Crippen molar-refractivity contribution in [3.05, 3.63) is 159 Å². The first-order valence-corrected chi connectivity index (χ1v) is 43.5. The van der Waals surface area contributed by atoms with E-state index in [-0.39, 0.29) is 86.3 Å². The molecule has 3 aliphatic carbocycles. The fourth-order valence-electron chi connectivity index (χ4n) is 16.3. The summed E-state index contributed by atoms with van der Waals surface area (Å²) in [6, 6.07) is 16.4. The minimum Gasteiger partial charge on any atom is -0.346 e. The second kappa shape index (κ2) is 37.3. The van der Waals surface area contributed by atoms with Gasteiger partial charge in [0.2, 0.25) is 0 Å². The summed E-state index contributed by atoms with van der Waals surface area (Å²) >= 11 is 0. The zero-order valence-corrected chi connectivity index (χ0v) is 68.6. The number of halogens is 1. The van der Waals surface area contributed by atoms with E-state index in [1.54, 1.807) is 57.6 Å². The van der Waals surface area contributed by atoms with E-state index in [0.29, 0.717) is 69.7 Å². The number of fused-ring (bicyclic) bond motifs is 3. The van der Waals surface area contributed by atoms with Gasteiger partial charge in [-0.15, -0.1) is 17.0 Å². The van der Waals surface area contributed by atoms with Gasteiger partial charge < -0.3 is 16.0 Å². The number of amides is 3. The van der Waals surface area contributed by atoms with Gasteiger partial charge >= 0.3 is 0 Å². The summed E-state index contributed by atoms with van der Waals surface area (Å²) in [5, 5.41) is 8.67. The molecule has 3 fully saturated rings. The van der Waals surface area contributed by atoms with Crippen LogP contribution in [0.3, 0.4) is 0 Å². The van der Waals surface area contributed by atoms with Crippen LogP contribution in [-0.4, -0.2) is 124 Å². The SMILES string of the molecule is Br.CCS(=O)(=O)c1ccc(CNC(=O)c2cnc3c(c2)CN(CC2CCC(C)CC2)[C@H]3C(C)C)nc1.CCS(=O)(=O)c1ccc(CNC(=O)c2cnc3c(c2)CN(CC2CCC(C)CC2)[C@H]3C(C)C)nc1.CCS(=O)(=O)c1ccc(CNC(=O)c2cnc3c(c2)CN(CC2CCC(C)CC2)[C@H]3C(C)C)nc1. The Morgan fingerprint density at radius 3 is 0.840 bits per heavy atom. The van der Waals surface area contributed by atoms with Crippen molar-refractivity contribution in [3.8, 4) is 0 Å². The van der Waals surface area contributed by atoms with Crippen molar-refractivity contribution < 1.29 is 39.6 Å². The van der Waals surface area contributed by atoms with Crippen LogP contribution in [0, 0.1) is 53.3 Å². The average molecular weight is 1580 g/mol. The third kappa shape index (κ3) is 21.3. The first-order chi connectivity index (χ1) is 50.0. The largest absolute Gasteiger partial charge is 0.346 e. The molecule has 6 aliphatic rings. The fourth-order valence-corrected chi connectivity index (χ4v) is 18.7. The Balaban J connectivity index is 0.000000183. The molecule has 6 aromatic rings. The topological polar surface area (TPSA) is 277 Å². The summed E-state index contributed by atoms with van der Waals surface area (Å²) in [6.45, 7) is 31.9. The predicted molar refractivity (Wildman–Crippen MR) is 420 cm³/mol. The van der Waals surface area contributed by atoms with Crippen LogP contribution in [0.25, 0.3) is 0 Å². The molecular weight excluding hydrogens is 1460 g/mol. The van der Waals surface area contributed by atoms with E-state index < -0.39 is 29.5 Å². The molecule has 0 unspecified atom stereocenters. The maximum absolute atomic E-state index is 12.8. The predicted octanol–water partition coefficient (Wildman–Crippen LogP) is 14.2. The van der Waals surface area contributed by atoms with E-state index in [0.717, 1.165) is 109 Å². The van der Waals surface area contributed by atoms with Crippen molar-refractivity contribution in [1.82, 2.24) is 60.6 Å². The minimum absolute atomic E-state index is 0. The van der Waals surface area contributed by atoms with Crippen LogP contribution < -0.4 is 16.0 Å². The number of aromatic nitrogens is 6. The van der Waals surface area contributed by atoms with E-state index in [9.17, 15) is 39.6 Å². The van der Waals surface area contributed by atoms with Gasteiger partial charge in [-0.3, -0.25) is 59.0 Å². The van der Waals surface area contributed by atoms with Crippen LogP contribution in [0.1, 0.15) is 260 Å². The molecule has 3 amide bonds. The zero-order chi connectivity index (χ0) is 75.5. The molecule has 3 saturated carbocycles. The zero-order valence-electron chi connectivity index (χ0n) is 64.4. The molecule has 106 heavy (non-hydrogen) atoms. The highest BCUT2D eigenvalue weighted by atomic mass is 79.9. The maximum Gasteiger partial charge on any atom is 0.253 e. The highest BCUT2D eigenvalue weighted by Crippen LogP contribution is 2.44. The first-order valence-electron chi connectivity index (χ1n) is 38.6. The molecule has 6 aromatic heterocycles. The Hall–Kier alpha value is -6.48. The van der Waals surface area contributed by atoms with Crippen molar-refractivity contribution in [3.63, 3.8) is 0 Å². The summed E-state index contributed by atoms with van der Waals surface area (Å²) in [4.78, 5) is 73.7. The molecule has 0 saturated heterocycles. The van der Waals surface area contributed by atoms with Crippen LogP contribution in [-0.2, 0) is 68.8 Å². The second-order valence-corrected chi connectivity index (χ2v) is 38.6. The van der Waals surface area contributed by atoms with Crippen LogP contribution in [0.5, 0.6) is 0 Å². The number of nitrogens with one attached hydrogen (secondary N) is 3. The number of carbonyl (C=O) groups excluding carboxylic acids is 3. The monoisotopic (exact) mass is 1570 g/mol. The van der Waals surface area contributed by atoms with Gasteiger partial charge in [0.25, 0.3) is 17.7 Å². The summed E-state index contributed by atoms with van der Waals surface area (Å²) in [5.41, 5.74) is 10.2. The van der Waals surface area contributed by atoms with Crippen LogP contribution in [0.2, 0.25) is 0 Å². The van der Waals surface area contributed by atoms with Gasteiger partial charge in [-0.1, -0.05) is 122 Å². The lowest BCUT2D eigenvalue weighted by molar-refractivity contribution is 0.0942. The van der Waals surface area contributed by atoms with Crippen LogP contribution in [0.4, 0.5) is 0 Å². The number of sulfone groups is 3. The Bertz CT molecular complexity index is 3860. The van der Waals surface area contributed by atoms with Gasteiger partial charge in [-0.2, -0.15) is 0 Å². The number of hydrogen-bond donors (Lipinski definition) is 3. The molecule has 3 atom stereocenters. The fraction of sp³-hybridized carbons (Fsp3) is 0.593. The number of rotatable bonds is 24. The van der Waals surface area contributed by atoms with Crippen molar-refractivity contribution in [2.24, 2.45) is 53.3 Å². The number of pyridine rings is 6. The lowest BCUT2D eigenvalue weighted by Gasteiger charge is -2.34. The Morgan fingerprint density at radius 1 is 0.387 bits per heavy atom. The van der Waals surface area contributed by atoms with E-state index in [4.69, 9.17) is 15.0 Å². The van der Waals surface area contributed by atoms with Gasteiger partial charge in [0.1, 0.15) is 0 Å². The second-order valence-electron chi connectivity index (χ2n) is 31.8. The standard InChI is InChI=1S/3C27H38N4O3S.BrH/c3*1-5-35(33,34)24-11-10-23(28-15-24)14-30-27(32)21-12-22-17-31(16-20-8-6-19(4)7-9-20)26(18(2)3)25(22)29-13-21;/h3*10-13,15,18-20,26H,5-9,14,16-17H2,1-4H3,(H,30,32);1H/t3*19?,20?,26-;/m000./s1. The summed E-state index contributed by atoms with van der Waals surface area (Å²) in [5.74, 6) is 5.65. The summed E-state index contributed by atoms with van der Waals surface area (Å²) < 4.78 is 71.7. The highest BCUT2D eigenvalue weighted by molar-refractivity contribution is 8.93. The van der Waals surface area contributed by atoms with Crippen LogP contribution in [0.15, 0.2) is 106 Å². The smallest absolute Gasteiger partial charge is 0.253 e. The molecule has 0 aromatic carbocycles. The molecule has 21 nitrogen and oxygen atoms in total. The third-order valence-electron chi connectivity index (χ3n) is 22.6. The molecule has 578 valence electrons. The lowest BCUT2D eigenvalue weighted by Crippen LogP contribution is -2.32. The van der Waals surface area contributed by atoms with Gasteiger partial charge in [-0.25, -0.2) is 25.3 Å². The summed E-state index contributed by atoms with van der Waals surface area (Å²) in [6.07, 6.45) is 24.9. The molecule has 3 aliphatic heterocycles. The van der Waals surface area contributed by atoms with Gasteiger partial charge in [-0.05, 0) is 163 Å². The van der Waals surface area contributed by atoms with E-state index >= 15 is 0 Å². The van der Waals surface area contributed by atoms with Gasteiger partial charge in [0, 0.05) is 76.4 Å². The van der Waals surface area contributed by atoms with Crippen molar-refractivity contribution in [2.45, 2.75) is 232 Å². The Kier molecular flexibility index (Phi) is 29.4. The van der Waals surface area contributed by atoms with Crippen molar-refractivity contribution in [1.29, 1.82) is 0 Å². The van der Waals surface area contributed by atoms with E-state index in [2.05, 4.69) is 108 Å². The molecule has 25 heteroatoms. The van der Waals surface area contributed by atoms with Crippen molar-refractivity contribution >= 4 is 64.2 Å². The minimum atomic E-state index is -3.28. The average Bonchev–Trinajstić information content (AvgIpc) is 1.64.